The fraction of sp³-hybridized carbons (Fsp3) is 1.00. The van der Waals surface area contributed by atoms with Gasteiger partial charge in [0.1, 0.15) is 0 Å². The van der Waals surface area contributed by atoms with Crippen LogP contribution in [0.2, 0.25) is 0 Å². The molecular weight excluding hydrogens is 244 g/mol. The third kappa shape index (κ3) is 1.44. The van der Waals surface area contributed by atoms with E-state index in [1.165, 1.54) is 6.42 Å². The van der Waals surface area contributed by atoms with Crippen molar-refractivity contribution in [1.29, 1.82) is 0 Å². The lowest BCUT2D eigenvalue weighted by atomic mass is 9.60. The first-order chi connectivity index (χ1) is 8.87. The third-order valence-corrected chi connectivity index (χ3v) is 5.97. The zero-order valence-corrected chi connectivity index (χ0v) is 12.3. The third-order valence-electron chi connectivity index (χ3n) is 5.97. The zero-order chi connectivity index (χ0) is 13.5. The summed E-state index contributed by atoms with van der Waals surface area (Å²) in [5.41, 5.74) is -0.591. The topological polar surface area (TPSA) is 36.9 Å². The van der Waals surface area contributed by atoms with Crippen molar-refractivity contribution >= 4 is 0 Å². The highest BCUT2D eigenvalue weighted by molar-refractivity contribution is 5.13. The summed E-state index contributed by atoms with van der Waals surface area (Å²) in [4.78, 5) is 11.7. The highest BCUT2D eigenvalue weighted by Gasteiger charge is 2.72. The first kappa shape index (κ1) is 12.6. The molecule has 5 fully saturated rings. The van der Waals surface area contributed by atoms with Crippen LogP contribution in [0.25, 0.3) is 0 Å². The summed E-state index contributed by atoms with van der Waals surface area (Å²) in [6.07, 6.45) is 4.09. The zero-order valence-electron chi connectivity index (χ0n) is 12.3. The number of fused-ring (bicyclic) bond motifs is 2. The van der Waals surface area contributed by atoms with Crippen LogP contribution in [-0.4, -0.2) is 23.3 Å². The molecule has 5 rings (SSSR count). The van der Waals surface area contributed by atoms with Gasteiger partial charge in [-0.25, -0.2) is 9.78 Å². The van der Waals surface area contributed by atoms with Crippen molar-refractivity contribution in [2.75, 3.05) is 0 Å². The van der Waals surface area contributed by atoms with Gasteiger partial charge in [0.05, 0.1) is 5.60 Å². The van der Waals surface area contributed by atoms with E-state index in [0.717, 1.165) is 19.3 Å². The minimum Gasteiger partial charge on any atom is -0.343 e. The smallest absolute Gasteiger partial charge is 0.201 e. The molecule has 4 heteroatoms. The summed E-state index contributed by atoms with van der Waals surface area (Å²) in [7, 11) is 0. The van der Waals surface area contributed by atoms with Gasteiger partial charge in [-0.2, -0.15) is 0 Å². The SMILES string of the molecule is C[C@@H]1CC[C@H]2C(C)(C)O[C@@H]3O[C@@]4(C)CC[C@@H]1[C@]32OO4. The summed E-state index contributed by atoms with van der Waals surface area (Å²) in [5.74, 6) is 0.831. The van der Waals surface area contributed by atoms with Crippen LogP contribution in [0.1, 0.15) is 53.4 Å². The van der Waals surface area contributed by atoms with Gasteiger partial charge < -0.3 is 9.47 Å². The van der Waals surface area contributed by atoms with E-state index in [2.05, 4.69) is 20.8 Å². The van der Waals surface area contributed by atoms with Crippen LogP contribution in [-0.2, 0) is 19.2 Å². The van der Waals surface area contributed by atoms with E-state index in [1.807, 2.05) is 6.92 Å². The molecule has 0 amide bonds. The molecule has 19 heavy (non-hydrogen) atoms. The van der Waals surface area contributed by atoms with E-state index in [4.69, 9.17) is 19.2 Å². The van der Waals surface area contributed by atoms with Gasteiger partial charge in [0.25, 0.3) is 0 Å². The molecule has 0 N–H and O–H groups in total. The van der Waals surface area contributed by atoms with Gasteiger partial charge in [0, 0.05) is 12.3 Å². The van der Waals surface area contributed by atoms with Gasteiger partial charge in [0.2, 0.25) is 5.79 Å². The standard InChI is InChI=1S/C15H24O4/c1-9-5-6-11-13(2,3)16-12-15(11)10(9)7-8-14(4,17-12)18-19-15/h9-12H,5-8H2,1-4H3/t9-,10+,11+,12-,14-,15-/m1/s1. The summed E-state index contributed by atoms with van der Waals surface area (Å²) < 4.78 is 12.4. The number of rotatable bonds is 0. The predicted molar refractivity (Wildman–Crippen MR) is 68.0 cm³/mol. The monoisotopic (exact) mass is 268 g/mol. The summed E-state index contributed by atoms with van der Waals surface area (Å²) in [6.45, 7) is 8.63. The molecule has 5 aliphatic rings. The van der Waals surface area contributed by atoms with Crippen LogP contribution in [0.3, 0.4) is 0 Å². The predicted octanol–water partition coefficient (Wildman–Crippen LogP) is 3.01. The maximum Gasteiger partial charge on any atom is 0.201 e. The lowest BCUT2D eigenvalue weighted by molar-refractivity contribution is -0.541. The van der Waals surface area contributed by atoms with Gasteiger partial charge >= 0.3 is 0 Å². The van der Waals surface area contributed by atoms with Crippen LogP contribution < -0.4 is 0 Å². The summed E-state index contributed by atoms with van der Waals surface area (Å²) in [5, 5.41) is 0. The lowest BCUT2D eigenvalue weighted by Crippen LogP contribution is -2.61. The van der Waals surface area contributed by atoms with Crippen LogP contribution in [0.15, 0.2) is 0 Å². The van der Waals surface area contributed by atoms with Crippen molar-refractivity contribution in [2.45, 2.75) is 76.7 Å². The highest BCUT2D eigenvalue weighted by Crippen LogP contribution is 2.63. The Labute approximate surface area is 114 Å². The Balaban J connectivity index is 1.85. The maximum absolute atomic E-state index is 6.26. The van der Waals surface area contributed by atoms with Gasteiger partial charge in [-0.05, 0) is 51.9 Å². The molecule has 0 aromatic heterocycles. The number of ether oxygens (including phenoxy) is 2. The molecule has 2 bridgehead atoms. The fourth-order valence-corrected chi connectivity index (χ4v) is 4.95. The molecule has 6 atom stereocenters. The van der Waals surface area contributed by atoms with Crippen LogP contribution in [0.5, 0.6) is 0 Å². The minimum atomic E-state index is -0.641. The Morgan fingerprint density at radius 2 is 1.74 bits per heavy atom. The number of hydrogen-bond acceptors (Lipinski definition) is 4. The second kappa shape index (κ2) is 3.53. The molecule has 1 spiro atoms. The van der Waals surface area contributed by atoms with E-state index in [0.29, 0.717) is 17.8 Å². The van der Waals surface area contributed by atoms with Crippen molar-refractivity contribution in [3.63, 3.8) is 0 Å². The largest absolute Gasteiger partial charge is 0.343 e. The molecule has 4 aliphatic heterocycles. The molecule has 4 saturated heterocycles. The normalized spacial score (nSPS) is 58.7. The van der Waals surface area contributed by atoms with E-state index >= 15 is 0 Å². The molecule has 1 aliphatic carbocycles. The quantitative estimate of drug-likeness (QED) is 0.633. The molecular formula is C15H24O4. The van der Waals surface area contributed by atoms with Gasteiger partial charge in [-0.15, -0.1) is 0 Å². The van der Waals surface area contributed by atoms with E-state index in [9.17, 15) is 0 Å². The van der Waals surface area contributed by atoms with Crippen LogP contribution >= 0.6 is 0 Å². The fourth-order valence-electron chi connectivity index (χ4n) is 4.95. The van der Waals surface area contributed by atoms with E-state index in [1.54, 1.807) is 0 Å². The van der Waals surface area contributed by atoms with Gasteiger partial charge in [0.15, 0.2) is 11.9 Å². The Bertz CT molecular complexity index is 409. The van der Waals surface area contributed by atoms with Crippen LogP contribution in [0.4, 0.5) is 0 Å². The van der Waals surface area contributed by atoms with Crippen LogP contribution in [0, 0.1) is 17.8 Å². The molecule has 108 valence electrons. The molecule has 0 radical (unpaired) electrons. The Morgan fingerprint density at radius 1 is 0.947 bits per heavy atom. The van der Waals surface area contributed by atoms with E-state index in [-0.39, 0.29) is 11.9 Å². The average Bonchev–Trinajstić information content (AvgIpc) is 2.45. The van der Waals surface area contributed by atoms with E-state index < -0.39 is 11.4 Å². The molecule has 1 saturated carbocycles. The summed E-state index contributed by atoms with van der Waals surface area (Å²) in [6, 6.07) is 0. The minimum absolute atomic E-state index is 0.199. The molecule has 0 unspecified atom stereocenters. The van der Waals surface area contributed by atoms with Crippen molar-refractivity contribution in [3.05, 3.63) is 0 Å². The second-order valence-corrected chi connectivity index (χ2v) is 7.58. The van der Waals surface area contributed by atoms with Gasteiger partial charge in [-0.3, -0.25) is 0 Å². The van der Waals surface area contributed by atoms with Crippen molar-refractivity contribution in [1.82, 2.24) is 0 Å². The summed E-state index contributed by atoms with van der Waals surface area (Å²) >= 11 is 0. The maximum atomic E-state index is 6.26. The average molecular weight is 268 g/mol. The molecule has 4 heterocycles. The lowest BCUT2D eigenvalue weighted by Gasteiger charge is -2.50. The Kier molecular flexibility index (Phi) is 2.34. The highest BCUT2D eigenvalue weighted by atomic mass is 17.3. The second-order valence-electron chi connectivity index (χ2n) is 7.58. The Hall–Kier alpha value is -0.160. The van der Waals surface area contributed by atoms with Crippen molar-refractivity contribution < 1.29 is 19.2 Å². The first-order valence-corrected chi connectivity index (χ1v) is 7.60. The van der Waals surface area contributed by atoms with Crippen molar-refractivity contribution in [2.24, 2.45) is 17.8 Å². The Morgan fingerprint density at radius 3 is 2.53 bits per heavy atom. The first-order valence-electron chi connectivity index (χ1n) is 7.60. The molecule has 0 aromatic rings. The van der Waals surface area contributed by atoms with Gasteiger partial charge in [-0.1, -0.05) is 6.92 Å². The molecule has 0 aromatic carbocycles. The number of hydrogen-bond donors (Lipinski definition) is 0. The van der Waals surface area contributed by atoms with Crippen molar-refractivity contribution in [3.8, 4) is 0 Å². The molecule has 4 nitrogen and oxygen atoms in total.